The lowest BCUT2D eigenvalue weighted by atomic mass is 9.85. The molecule has 0 spiro atoms. The fourth-order valence-electron chi connectivity index (χ4n) is 2.39. The maximum atomic E-state index is 12.1. The first kappa shape index (κ1) is 14.0. The van der Waals surface area contributed by atoms with Crippen molar-refractivity contribution in [1.29, 1.82) is 0 Å². The average molecular weight is 261 g/mol. The lowest BCUT2D eigenvalue weighted by Gasteiger charge is -2.28. The van der Waals surface area contributed by atoms with Crippen molar-refractivity contribution in [3.05, 3.63) is 30.1 Å². The Labute approximate surface area is 115 Å². The summed E-state index contributed by atoms with van der Waals surface area (Å²) in [6, 6.07) is 3.99. The number of carbonyl (C=O) groups is 1. The molecule has 1 amide bonds. The number of rotatable bonds is 4. The van der Waals surface area contributed by atoms with Crippen LogP contribution in [0, 0.1) is 5.92 Å². The van der Waals surface area contributed by atoms with Gasteiger partial charge in [0.1, 0.15) is 0 Å². The SMILES string of the molecule is CC(C)(CNC(=O)C1CCCNC1)c1cccnc1. The van der Waals surface area contributed by atoms with E-state index < -0.39 is 0 Å². The Hall–Kier alpha value is -1.42. The molecule has 1 aromatic rings. The lowest BCUT2D eigenvalue weighted by Crippen LogP contribution is -2.44. The van der Waals surface area contributed by atoms with Crippen molar-refractivity contribution in [2.75, 3.05) is 19.6 Å². The van der Waals surface area contributed by atoms with Crippen LogP contribution in [0.3, 0.4) is 0 Å². The van der Waals surface area contributed by atoms with Crippen LogP contribution in [-0.4, -0.2) is 30.5 Å². The molecule has 1 aliphatic rings. The van der Waals surface area contributed by atoms with Crippen molar-refractivity contribution in [2.24, 2.45) is 5.92 Å². The molecule has 1 saturated heterocycles. The Morgan fingerprint density at radius 3 is 3.05 bits per heavy atom. The van der Waals surface area contributed by atoms with Crippen LogP contribution in [0.15, 0.2) is 24.5 Å². The molecule has 1 aliphatic heterocycles. The summed E-state index contributed by atoms with van der Waals surface area (Å²) >= 11 is 0. The van der Waals surface area contributed by atoms with Crippen molar-refractivity contribution in [2.45, 2.75) is 32.1 Å². The van der Waals surface area contributed by atoms with Crippen LogP contribution < -0.4 is 10.6 Å². The van der Waals surface area contributed by atoms with E-state index in [0.29, 0.717) is 6.54 Å². The van der Waals surface area contributed by atoms with E-state index in [2.05, 4.69) is 35.5 Å². The van der Waals surface area contributed by atoms with Gasteiger partial charge in [-0.05, 0) is 31.0 Å². The third-order valence-electron chi connectivity index (χ3n) is 3.82. The fourth-order valence-corrected chi connectivity index (χ4v) is 2.39. The minimum atomic E-state index is -0.0913. The molecule has 1 atom stereocenters. The molecule has 4 heteroatoms. The van der Waals surface area contributed by atoms with Crippen LogP contribution in [0.25, 0.3) is 0 Å². The standard InChI is InChI=1S/C15H23N3O/c1-15(2,13-6-4-8-17-10-13)11-18-14(19)12-5-3-7-16-9-12/h4,6,8,10,12,16H,3,5,7,9,11H2,1-2H3,(H,18,19). The summed E-state index contributed by atoms with van der Waals surface area (Å²) < 4.78 is 0. The van der Waals surface area contributed by atoms with Crippen LogP contribution in [0.5, 0.6) is 0 Å². The van der Waals surface area contributed by atoms with Crippen LogP contribution >= 0.6 is 0 Å². The molecular formula is C15H23N3O. The molecule has 0 saturated carbocycles. The maximum absolute atomic E-state index is 12.1. The highest BCUT2D eigenvalue weighted by molar-refractivity contribution is 5.79. The zero-order valence-electron chi connectivity index (χ0n) is 11.8. The van der Waals surface area contributed by atoms with Gasteiger partial charge < -0.3 is 10.6 Å². The van der Waals surface area contributed by atoms with Gasteiger partial charge in [0.25, 0.3) is 0 Å². The van der Waals surface area contributed by atoms with E-state index in [1.807, 2.05) is 12.3 Å². The monoisotopic (exact) mass is 261 g/mol. The van der Waals surface area contributed by atoms with Crippen LogP contribution in [0.2, 0.25) is 0 Å². The van der Waals surface area contributed by atoms with Crippen molar-refractivity contribution in [3.63, 3.8) is 0 Å². The van der Waals surface area contributed by atoms with E-state index in [4.69, 9.17) is 0 Å². The smallest absolute Gasteiger partial charge is 0.224 e. The van der Waals surface area contributed by atoms with Gasteiger partial charge in [-0.2, -0.15) is 0 Å². The van der Waals surface area contributed by atoms with Gasteiger partial charge in [0, 0.05) is 30.9 Å². The van der Waals surface area contributed by atoms with Crippen LogP contribution in [-0.2, 0) is 10.2 Å². The quantitative estimate of drug-likeness (QED) is 0.863. The predicted octanol–water partition coefficient (Wildman–Crippen LogP) is 1.47. The molecule has 1 aromatic heterocycles. The summed E-state index contributed by atoms with van der Waals surface area (Å²) in [5.41, 5.74) is 1.06. The topological polar surface area (TPSA) is 54.0 Å². The van der Waals surface area contributed by atoms with Crippen molar-refractivity contribution < 1.29 is 4.79 Å². The Morgan fingerprint density at radius 2 is 2.42 bits per heavy atom. The van der Waals surface area contributed by atoms with Gasteiger partial charge in [0.05, 0.1) is 5.92 Å². The molecule has 1 unspecified atom stereocenters. The lowest BCUT2D eigenvalue weighted by molar-refractivity contribution is -0.125. The van der Waals surface area contributed by atoms with E-state index in [0.717, 1.165) is 31.5 Å². The molecule has 19 heavy (non-hydrogen) atoms. The van der Waals surface area contributed by atoms with E-state index in [1.165, 1.54) is 0 Å². The summed E-state index contributed by atoms with van der Waals surface area (Å²) in [7, 11) is 0. The Balaban J connectivity index is 1.88. The molecule has 2 N–H and O–H groups in total. The molecule has 1 fully saturated rings. The highest BCUT2D eigenvalue weighted by Crippen LogP contribution is 2.21. The average Bonchev–Trinajstić information content (AvgIpc) is 2.47. The first-order valence-corrected chi connectivity index (χ1v) is 6.98. The Bertz CT molecular complexity index is 411. The molecule has 0 bridgehead atoms. The highest BCUT2D eigenvalue weighted by atomic mass is 16.1. The van der Waals surface area contributed by atoms with E-state index in [1.54, 1.807) is 6.20 Å². The summed E-state index contributed by atoms with van der Waals surface area (Å²) in [5.74, 6) is 0.294. The molecule has 0 radical (unpaired) electrons. The zero-order valence-corrected chi connectivity index (χ0v) is 11.8. The van der Waals surface area contributed by atoms with E-state index in [-0.39, 0.29) is 17.2 Å². The molecule has 0 aromatic carbocycles. The molecule has 2 heterocycles. The normalized spacial score (nSPS) is 20.0. The second kappa shape index (κ2) is 6.15. The van der Waals surface area contributed by atoms with Crippen LogP contribution in [0.4, 0.5) is 0 Å². The van der Waals surface area contributed by atoms with Crippen molar-refractivity contribution in [1.82, 2.24) is 15.6 Å². The number of hydrogen-bond acceptors (Lipinski definition) is 3. The zero-order chi connectivity index (χ0) is 13.7. The van der Waals surface area contributed by atoms with E-state index in [9.17, 15) is 4.79 Å². The molecule has 104 valence electrons. The van der Waals surface area contributed by atoms with Gasteiger partial charge in [0.2, 0.25) is 5.91 Å². The Kier molecular flexibility index (Phi) is 4.53. The number of nitrogens with zero attached hydrogens (tertiary/aromatic N) is 1. The summed E-state index contributed by atoms with van der Waals surface area (Å²) in [6.45, 7) is 6.74. The minimum Gasteiger partial charge on any atom is -0.355 e. The van der Waals surface area contributed by atoms with Crippen LogP contribution in [0.1, 0.15) is 32.3 Å². The van der Waals surface area contributed by atoms with E-state index >= 15 is 0 Å². The number of hydrogen-bond donors (Lipinski definition) is 2. The second-order valence-electron chi connectivity index (χ2n) is 5.89. The first-order valence-electron chi connectivity index (χ1n) is 6.98. The van der Waals surface area contributed by atoms with Gasteiger partial charge in [-0.1, -0.05) is 19.9 Å². The second-order valence-corrected chi connectivity index (χ2v) is 5.89. The van der Waals surface area contributed by atoms with Gasteiger partial charge in [-0.15, -0.1) is 0 Å². The number of piperidine rings is 1. The predicted molar refractivity (Wildman–Crippen MR) is 75.9 cm³/mol. The summed E-state index contributed by atoms with van der Waals surface area (Å²) in [4.78, 5) is 16.3. The van der Waals surface area contributed by atoms with Gasteiger partial charge in [0.15, 0.2) is 0 Å². The highest BCUT2D eigenvalue weighted by Gasteiger charge is 2.25. The maximum Gasteiger partial charge on any atom is 0.224 e. The molecule has 2 rings (SSSR count). The van der Waals surface area contributed by atoms with Gasteiger partial charge in [-0.25, -0.2) is 0 Å². The van der Waals surface area contributed by atoms with Crippen molar-refractivity contribution >= 4 is 5.91 Å². The van der Waals surface area contributed by atoms with Gasteiger partial charge in [-0.3, -0.25) is 9.78 Å². The third-order valence-corrected chi connectivity index (χ3v) is 3.82. The number of aromatic nitrogens is 1. The minimum absolute atomic E-state index is 0.0913. The largest absolute Gasteiger partial charge is 0.355 e. The van der Waals surface area contributed by atoms with Crippen molar-refractivity contribution in [3.8, 4) is 0 Å². The number of nitrogens with one attached hydrogen (secondary N) is 2. The number of amides is 1. The molecular weight excluding hydrogens is 238 g/mol. The first-order chi connectivity index (χ1) is 9.09. The number of pyridine rings is 1. The molecule has 4 nitrogen and oxygen atoms in total. The Morgan fingerprint density at radius 1 is 1.58 bits per heavy atom. The fraction of sp³-hybridized carbons (Fsp3) is 0.600. The summed E-state index contributed by atoms with van der Waals surface area (Å²) in [6.07, 6.45) is 5.72. The molecule has 0 aliphatic carbocycles. The number of carbonyl (C=O) groups excluding carboxylic acids is 1. The summed E-state index contributed by atoms with van der Waals surface area (Å²) in [5, 5.41) is 6.36. The third kappa shape index (κ3) is 3.77. The van der Waals surface area contributed by atoms with Gasteiger partial charge >= 0.3 is 0 Å².